The largest absolute Gasteiger partial charge is 0.504 e. The van der Waals surface area contributed by atoms with Gasteiger partial charge < -0.3 is 9.84 Å². The lowest BCUT2D eigenvalue weighted by Gasteiger charge is -2.09. The molecule has 0 aliphatic heterocycles. The lowest BCUT2D eigenvalue weighted by molar-refractivity contribution is 0.371. The Kier molecular flexibility index (Phi) is 3.70. The summed E-state index contributed by atoms with van der Waals surface area (Å²) in [4.78, 5) is 0. The van der Waals surface area contributed by atoms with Crippen molar-refractivity contribution in [2.24, 2.45) is 0 Å². The minimum absolute atomic E-state index is 0.0333. The van der Waals surface area contributed by atoms with Crippen molar-refractivity contribution < 1.29 is 18.3 Å². The summed E-state index contributed by atoms with van der Waals surface area (Å²) in [6.45, 7) is 0. The van der Waals surface area contributed by atoms with Gasteiger partial charge in [0.15, 0.2) is 11.5 Å². The molecule has 0 bridgehead atoms. The monoisotopic (exact) mass is 270 g/mol. The molecule has 1 aromatic carbocycles. The maximum atomic E-state index is 10.9. The van der Waals surface area contributed by atoms with Crippen LogP contribution < -0.4 is 4.74 Å². The molecule has 0 saturated carbocycles. The topological polar surface area (TPSA) is 63.6 Å². The summed E-state index contributed by atoms with van der Waals surface area (Å²) in [6, 6.07) is 2.86. The van der Waals surface area contributed by atoms with Gasteiger partial charge >= 0.3 is 0 Å². The quantitative estimate of drug-likeness (QED) is 0.855. The molecule has 84 valence electrons. The lowest BCUT2D eigenvalue weighted by Crippen LogP contribution is -1.98. The smallest absolute Gasteiger partial charge is 0.236 e. The first-order valence-electron chi connectivity index (χ1n) is 3.82. The molecule has 4 nitrogen and oxygen atoms in total. The van der Waals surface area contributed by atoms with Gasteiger partial charge in [-0.1, -0.05) is 11.6 Å². The molecule has 0 radical (unpaired) electrons. The van der Waals surface area contributed by atoms with Gasteiger partial charge in [0.05, 0.1) is 12.9 Å². The van der Waals surface area contributed by atoms with Gasteiger partial charge in [-0.05, 0) is 12.1 Å². The number of aromatic hydroxyl groups is 1. The number of hydrogen-bond acceptors (Lipinski definition) is 4. The highest BCUT2D eigenvalue weighted by molar-refractivity contribution is 8.13. The van der Waals surface area contributed by atoms with Crippen molar-refractivity contribution in [1.29, 1.82) is 0 Å². The molecule has 0 aliphatic carbocycles. The van der Waals surface area contributed by atoms with E-state index in [-0.39, 0.29) is 22.1 Å². The van der Waals surface area contributed by atoms with Gasteiger partial charge in [-0.25, -0.2) is 8.42 Å². The Morgan fingerprint density at radius 2 is 2.07 bits per heavy atom. The molecule has 0 aromatic heterocycles. The summed E-state index contributed by atoms with van der Waals surface area (Å²) in [5.74, 6) is -0.708. The van der Waals surface area contributed by atoms with Crippen molar-refractivity contribution in [1.82, 2.24) is 0 Å². The van der Waals surface area contributed by atoms with Crippen LogP contribution in [0.3, 0.4) is 0 Å². The predicted octanol–water partition coefficient (Wildman–Crippen LogP) is 2.12. The summed E-state index contributed by atoms with van der Waals surface area (Å²) in [5.41, 5.74) is 0.0333. The lowest BCUT2D eigenvalue weighted by atomic mass is 10.2. The molecule has 0 unspecified atom stereocenters. The number of ether oxygens (including phenoxy) is 1. The number of phenolic OH excluding ortho intramolecular Hbond substituents is 1. The molecular formula is C8H8Cl2O4S. The van der Waals surface area contributed by atoms with Crippen LogP contribution in [0.1, 0.15) is 5.56 Å². The zero-order chi connectivity index (χ0) is 11.6. The van der Waals surface area contributed by atoms with Gasteiger partial charge in [-0.15, -0.1) is 0 Å². The Bertz CT molecular complexity index is 470. The maximum Gasteiger partial charge on any atom is 0.236 e. The molecule has 0 heterocycles. The highest BCUT2D eigenvalue weighted by atomic mass is 35.7. The van der Waals surface area contributed by atoms with Crippen LogP contribution in [-0.4, -0.2) is 20.6 Å². The number of phenols is 1. The van der Waals surface area contributed by atoms with E-state index in [1.54, 1.807) is 0 Å². The van der Waals surface area contributed by atoms with E-state index < -0.39 is 14.8 Å². The fourth-order valence-corrected chi connectivity index (χ4v) is 2.33. The van der Waals surface area contributed by atoms with Gasteiger partial charge in [-0.2, -0.15) is 0 Å². The normalized spacial score (nSPS) is 11.4. The van der Waals surface area contributed by atoms with E-state index in [1.165, 1.54) is 19.2 Å². The van der Waals surface area contributed by atoms with E-state index in [0.717, 1.165) is 0 Å². The Hall–Kier alpha value is -0.650. The van der Waals surface area contributed by atoms with Crippen LogP contribution in [0.2, 0.25) is 5.02 Å². The van der Waals surface area contributed by atoms with Gasteiger partial charge in [0.25, 0.3) is 0 Å². The summed E-state index contributed by atoms with van der Waals surface area (Å²) >= 11 is 5.73. The molecule has 0 saturated heterocycles. The third-order valence-corrected chi connectivity index (χ3v) is 3.04. The van der Waals surface area contributed by atoms with Gasteiger partial charge in [0.2, 0.25) is 9.05 Å². The summed E-state index contributed by atoms with van der Waals surface area (Å²) in [5, 5.41) is 9.72. The SMILES string of the molecule is COc1ccc(Cl)c(CS(=O)(=O)Cl)c1O. The Labute approximate surface area is 96.8 Å². The van der Waals surface area contributed by atoms with Gasteiger partial charge in [-0.3, -0.25) is 0 Å². The summed E-state index contributed by atoms with van der Waals surface area (Å²) < 4.78 is 26.5. The Morgan fingerprint density at radius 3 is 2.53 bits per heavy atom. The molecule has 1 aromatic rings. The van der Waals surface area contributed by atoms with Crippen LogP contribution in [0, 0.1) is 0 Å². The number of rotatable bonds is 3. The minimum atomic E-state index is -3.77. The molecule has 0 spiro atoms. The van der Waals surface area contributed by atoms with Gasteiger partial charge in [0.1, 0.15) is 0 Å². The fraction of sp³-hybridized carbons (Fsp3) is 0.250. The summed E-state index contributed by atoms with van der Waals surface area (Å²) in [7, 11) is 2.64. The molecule has 0 fully saturated rings. The molecule has 15 heavy (non-hydrogen) atoms. The number of methoxy groups -OCH3 is 1. The molecule has 0 amide bonds. The van der Waals surface area contributed by atoms with Crippen LogP contribution in [-0.2, 0) is 14.8 Å². The molecule has 1 N–H and O–H groups in total. The van der Waals surface area contributed by atoms with Crippen molar-refractivity contribution >= 4 is 31.3 Å². The minimum Gasteiger partial charge on any atom is -0.504 e. The second-order valence-corrected chi connectivity index (χ2v) is 5.94. The maximum absolute atomic E-state index is 10.9. The molecule has 0 atom stereocenters. The third kappa shape index (κ3) is 3.15. The zero-order valence-corrected chi connectivity index (χ0v) is 10.0. The van der Waals surface area contributed by atoms with Crippen molar-refractivity contribution in [3.63, 3.8) is 0 Å². The molecule has 7 heteroatoms. The van der Waals surface area contributed by atoms with Crippen molar-refractivity contribution in [2.45, 2.75) is 5.75 Å². The highest BCUT2D eigenvalue weighted by Gasteiger charge is 2.17. The van der Waals surface area contributed by atoms with Crippen molar-refractivity contribution in [2.75, 3.05) is 7.11 Å². The van der Waals surface area contributed by atoms with Crippen LogP contribution in [0.5, 0.6) is 11.5 Å². The van der Waals surface area contributed by atoms with Crippen LogP contribution in [0.4, 0.5) is 0 Å². The molecular weight excluding hydrogens is 263 g/mol. The Morgan fingerprint density at radius 1 is 1.47 bits per heavy atom. The number of halogens is 2. The average molecular weight is 271 g/mol. The molecule has 0 aliphatic rings. The van der Waals surface area contributed by atoms with Crippen LogP contribution >= 0.6 is 22.3 Å². The second kappa shape index (κ2) is 4.47. The highest BCUT2D eigenvalue weighted by Crippen LogP contribution is 2.36. The second-order valence-electron chi connectivity index (χ2n) is 2.76. The van der Waals surface area contributed by atoms with E-state index >= 15 is 0 Å². The predicted molar refractivity (Wildman–Crippen MR) is 58.1 cm³/mol. The van der Waals surface area contributed by atoms with Crippen LogP contribution in [0.25, 0.3) is 0 Å². The van der Waals surface area contributed by atoms with E-state index in [2.05, 4.69) is 0 Å². The number of hydrogen-bond donors (Lipinski definition) is 1. The van der Waals surface area contributed by atoms with E-state index in [4.69, 9.17) is 27.0 Å². The first-order valence-corrected chi connectivity index (χ1v) is 6.67. The Balaban J connectivity index is 3.27. The van der Waals surface area contributed by atoms with Crippen molar-refractivity contribution in [3.8, 4) is 11.5 Å². The van der Waals surface area contributed by atoms with Crippen LogP contribution in [0.15, 0.2) is 12.1 Å². The van der Waals surface area contributed by atoms with Gasteiger partial charge in [0, 0.05) is 21.3 Å². The standard InChI is InChI=1S/C8H8Cl2O4S/c1-14-7-3-2-6(9)5(8(7)11)4-15(10,12)13/h2-3,11H,4H2,1H3. The van der Waals surface area contributed by atoms with E-state index in [9.17, 15) is 13.5 Å². The first kappa shape index (κ1) is 12.4. The van der Waals surface area contributed by atoms with E-state index in [1.807, 2.05) is 0 Å². The molecule has 1 rings (SSSR count). The summed E-state index contributed by atoms with van der Waals surface area (Å²) in [6.07, 6.45) is 0. The zero-order valence-electron chi connectivity index (χ0n) is 7.70. The fourth-order valence-electron chi connectivity index (χ4n) is 1.06. The number of benzene rings is 1. The third-order valence-electron chi connectivity index (χ3n) is 1.73. The van der Waals surface area contributed by atoms with Crippen molar-refractivity contribution in [3.05, 3.63) is 22.7 Å². The van der Waals surface area contributed by atoms with E-state index in [0.29, 0.717) is 0 Å². The first-order chi connectivity index (χ1) is 6.85. The average Bonchev–Trinajstić information content (AvgIpc) is 2.11.